The molecule has 1 aromatic rings. The Morgan fingerprint density at radius 1 is 1.26 bits per heavy atom. The van der Waals surface area contributed by atoms with Crippen molar-refractivity contribution in [2.75, 3.05) is 34.1 Å². The first kappa shape index (κ1) is 15.7. The molecule has 1 rings (SSSR count). The summed E-state index contributed by atoms with van der Waals surface area (Å²) in [5.41, 5.74) is 1.08. The third-order valence-electron chi connectivity index (χ3n) is 2.67. The Kier molecular flexibility index (Phi) is 6.52. The van der Waals surface area contributed by atoms with E-state index in [9.17, 15) is 4.79 Å². The number of thioether (sulfide) groups is 1. The number of hydrogen-bond donors (Lipinski definition) is 2. The van der Waals surface area contributed by atoms with Gasteiger partial charge in [-0.3, -0.25) is 4.79 Å². The zero-order valence-electron chi connectivity index (χ0n) is 11.7. The van der Waals surface area contributed by atoms with Crippen molar-refractivity contribution in [2.45, 2.75) is 11.4 Å². The van der Waals surface area contributed by atoms with Gasteiger partial charge in [-0.15, -0.1) is 11.8 Å². The van der Waals surface area contributed by atoms with Gasteiger partial charge in [-0.05, 0) is 24.0 Å². The molecule has 0 radical (unpaired) electrons. The smallest absolute Gasteiger partial charge is 0.233 e. The summed E-state index contributed by atoms with van der Waals surface area (Å²) >= 11 is 1.63. The third-order valence-corrected chi connectivity index (χ3v) is 3.49. The van der Waals surface area contributed by atoms with Gasteiger partial charge in [0, 0.05) is 18.5 Å². The Hall–Kier alpha value is -1.40. The maximum absolute atomic E-state index is 11.2. The average molecular weight is 284 g/mol. The van der Waals surface area contributed by atoms with Gasteiger partial charge in [0.2, 0.25) is 5.91 Å². The minimum atomic E-state index is -0.0359. The molecule has 0 spiro atoms. The molecule has 19 heavy (non-hydrogen) atoms. The van der Waals surface area contributed by atoms with Crippen LogP contribution in [0.1, 0.15) is 5.56 Å². The van der Waals surface area contributed by atoms with E-state index in [-0.39, 0.29) is 5.91 Å². The predicted octanol–water partition coefficient (Wildman–Crippen LogP) is 1.26. The van der Waals surface area contributed by atoms with Crippen LogP contribution in [0.4, 0.5) is 0 Å². The fourth-order valence-corrected chi connectivity index (χ4v) is 2.25. The molecule has 0 fully saturated rings. The van der Waals surface area contributed by atoms with Crippen molar-refractivity contribution >= 4 is 17.7 Å². The fraction of sp³-hybridized carbons (Fsp3) is 0.462. The van der Waals surface area contributed by atoms with E-state index >= 15 is 0 Å². The van der Waals surface area contributed by atoms with Crippen molar-refractivity contribution in [3.8, 4) is 11.5 Å². The van der Waals surface area contributed by atoms with Gasteiger partial charge in [0.25, 0.3) is 0 Å². The highest BCUT2D eigenvalue weighted by Gasteiger charge is 2.10. The fourth-order valence-electron chi connectivity index (χ4n) is 1.63. The molecule has 0 aliphatic rings. The molecule has 0 saturated carbocycles. The topological polar surface area (TPSA) is 59.6 Å². The molecule has 2 N–H and O–H groups in total. The molecule has 0 heterocycles. The van der Waals surface area contributed by atoms with E-state index < -0.39 is 0 Å². The van der Waals surface area contributed by atoms with Gasteiger partial charge in [-0.1, -0.05) is 0 Å². The van der Waals surface area contributed by atoms with Gasteiger partial charge in [0.1, 0.15) is 0 Å². The van der Waals surface area contributed by atoms with Crippen molar-refractivity contribution in [3.63, 3.8) is 0 Å². The lowest BCUT2D eigenvalue weighted by Crippen LogP contribution is -2.31. The molecule has 0 aromatic heterocycles. The van der Waals surface area contributed by atoms with Crippen molar-refractivity contribution in [3.05, 3.63) is 17.7 Å². The van der Waals surface area contributed by atoms with Gasteiger partial charge in [-0.25, -0.2) is 0 Å². The summed E-state index contributed by atoms with van der Waals surface area (Å²) in [5, 5.41) is 5.66. The lowest BCUT2D eigenvalue weighted by Gasteiger charge is -2.14. The summed E-state index contributed by atoms with van der Waals surface area (Å²) in [5.74, 6) is 1.37. The van der Waals surface area contributed by atoms with Gasteiger partial charge in [0.15, 0.2) is 11.5 Å². The monoisotopic (exact) mass is 284 g/mol. The average Bonchev–Trinajstić information content (AvgIpc) is 2.46. The number of hydrogen-bond acceptors (Lipinski definition) is 5. The molecule has 0 unspecified atom stereocenters. The Morgan fingerprint density at radius 2 is 1.89 bits per heavy atom. The number of amides is 1. The molecule has 106 valence electrons. The standard InChI is InChI=1S/C13H20N2O3S/c1-14-13(16)8-15-7-9-5-10(17-2)11(18-3)6-12(9)19-4/h5-6,15H,7-8H2,1-4H3,(H,14,16). The highest BCUT2D eigenvalue weighted by Crippen LogP contribution is 2.34. The number of nitrogens with one attached hydrogen (secondary N) is 2. The minimum Gasteiger partial charge on any atom is -0.493 e. The highest BCUT2D eigenvalue weighted by molar-refractivity contribution is 7.98. The first-order valence-corrected chi connectivity index (χ1v) is 7.08. The van der Waals surface area contributed by atoms with Crippen LogP contribution in [-0.2, 0) is 11.3 Å². The third kappa shape index (κ3) is 4.33. The first-order chi connectivity index (χ1) is 9.15. The maximum Gasteiger partial charge on any atom is 0.233 e. The second kappa shape index (κ2) is 7.91. The summed E-state index contributed by atoms with van der Waals surface area (Å²) in [4.78, 5) is 12.3. The minimum absolute atomic E-state index is 0.0359. The van der Waals surface area contributed by atoms with E-state index in [4.69, 9.17) is 9.47 Å². The van der Waals surface area contributed by atoms with Crippen LogP contribution in [0.3, 0.4) is 0 Å². The summed E-state index contributed by atoms with van der Waals surface area (Å²) in [6, 6.07) is 3.88. The summed E-state index contributed by atoms with van der Waals surface area (Å²) < 4.78 is 10.6. The number of carbonyl (C=O) groups excluding carboxylic acids is 1. The van der Waals surface area contributed by atoms with E-state index in [0.29, 0.717) is 24.6 Å². The van der Waals surface area contributed by atoms with Gasteiger partial charge < -0.3 is 20.1 Å². The molecule has 0 aliphatic carbocycles. The van der Waals surface area contributed by atoms with E-state index in [1.54, 1.807) is 33.0 Å². The van der Waals surface area contributed by atoms with Crippen LogP contribution in [0.2, 0.25) is 0 Å². The van der Waals surface area contributed by atoms with Gasteiger partial charge in [-0.2, -0.15) is 0 Å². The number of methoxy groups -OCH3 is 2. The van der Waals surface area contributed by atoms with Crippen LogP contribution < -0.4 is 20.1 Å². The summed E-state index contributed by atoms with van der Waals surface area (Å²) in [7, 11) is 4.84. The molecule has 0 saturated heterocycles. The molecule has 5 nitrogen and oxygen atoms in total. The molecule has 0 aliphatic heterocycles. The zero-order valence-corrected chi connectivity index (χ0v) is 12.5. The molecule has 1 amide bonds. The number of benzene rings is 1. The second-order valence-corrected chi connectivity index (χ2v) is 4.64. The van der Waals surface area contributed by atoms with Crippen LogP contribution in [0.25, 0.3) is 0 Å². The van der Waals surface area contributed by atoms with Crippen LogP contribution in [0, 0.1) is 0 Å². The van der Waals surface area contributed by atoms with E-state index in [1.807, 2.05) is 18.4 Å². The van der Waals surface area contributed by atoms with Crippen LogP contribution in [0.15, 0.2) is 17.0 Å². The highest BCUT2D eigenvalue weighted by atomic mass is 32.2. The van der Waals surface area contributed by atoms with Crippen LogP contribution in [0.5, 0.6) is 11.5 Å². The number of carbonyl (C=O) groups is 1. The first-order valence-electron chi connectivity index (χ1n) is 5.86. The van der Waals surface area contributed by atoms with Crippen molar-refractivity contribution in [1.29, 1.82) is 0 Å². The quantitative estimate of drug-likeness (QED) is 0.738. The predicted molar refractivity (Wildman–Crippen MR) is 77.1 cm³/mol. The Morgan fingerprint density at radius 3 is 2.42 bits per heavy atom. The van der Waals surface area contributed by atoms with Crippen molar-refractivity contribution < 1.29 is 14.3 Å². The lowest BCUT2D eigenvalue weighted by molar-refractivity contribution is -0.119. The zero-order chi connectivity index (χ0) is 14.3. The molecule has 6 heteroatoms. The Labute approximate surface area is 118 Å². The Bertz CT molecular complexity index is 438. The number of rotatable bonds is 7. The van der Waals surface area contributed by atoms with Crippen molar-refractivity contribution in [2.24, 2.45) is 0 Å². The van der Waals surface area contributed by atoms with E-state index in [2.05, 4.69) is 10.6 Å². The SMILES string of the molecule is CNC(=O)CNCc1cc(OC)c(OC)cc1SC. The summed E-state index contributed by atoms with van der Waals surface area (Å²) in [6.07, 6.45) is 2.00. The number of ether oxygens (including phenoxy) is 2. The molecule has 1 aromatic carbocycles. The normalized spacial score (nSPS) is 10.1. The molecule has 0 bridgehead atoms. The van der Waals surface area contributed by atoms with Crippen molar-refractivity contribution in [1.82, 2.24) is 10.6 Å². The Balaban J connectivity index is 2.83. The van der Waals surface area contributed by atoms with Gasteiger partial charge in [0.05, 0.1) is 20.8 Å². The van der Waals surface area contributed by atoms with E-state index in [1.165, 1.54) is 0 Å². The molecular weight excluding hydrogens is 264 g/mol. The summed E-state index contributed by atoms with van der Waals surface area (Å²) in [6.45, 7) is 0.891. The van der Waals surface area contributed by atoms with Crippen LogP contribution >= 0.6 is 11.8 Å². The van der Waals surface area contributed by atoms with E-state index in [0.717, 1.165) is 10.5 Å². The van der Waals surface area contributed by atoms with Crippen LogP contribution in [-0.4, -0.2) is 40.0 Å². The molecule has 0 atom stereocenters. The second-order valence-electron chi connectivity index (χ2n) is 3.80. The molecular formula is C13H20N2O3S. The van der Waals surface area contributed by atoms with Gasteiger partial charge >= 0.3 is 0 Å². The largest absolute Gasteiger partial charge is 0.493 e. The lowest BCUT2D eigenvalue weighted by atomic mass is 10.2. The maximum atomic E-state index is 11.2. The number of likely N-dealkylation sites (N-methyl/N-ethyl adjacent to an activating group) is 1.